The Morgan fingerprint density at radius 1 is 1.00 bits per heavy atom. The van der Waals surface area contributed by atoms with Gasteiger partial charge in [0.2, 0.25) is 5.88 Å². The smallest absolute Gasteiger partial charge is 0.241 e. The second-order valence-electron chi connectivity index (χ2n) is 6.11. The van der Waals surface area contributed by atoms with Gasteiger partial charge in [-0.2, -0.15) is 0 Å². The van der Waals surface area contributed by atoms with Gasteiger partial charge in [0.25, 0.3) is 0 Å². The zero-order valence-corrected chi connectivity index (χ0v) is 15.3. The lowest BCUT2D eigenvalue weighted by Gasteiger charge is -2.10. The van der Waals surface area contributed by atoms with Crippen LogP contribution < -0.4 is 4.74 Å². The van der Waals surface area contributed by atoms with E-state index >= 15 is 0 Å². The highest BCUT2D eigenvalue weighted by molar-refractivity contribution is 6.33. The van der Waals surface area contributed by atoms with Crippen LogP contribution in [0.4, 0.5) is 0 Å². The third-order valence-corrected chi connectivity index (χ3v) is 4.18. The highest BCUT2D eigenvalue weighted by Crippen LogP contribution is 2.34. The molecule has 0 aliphatic heterocycles. The quantitative estimate of drug-likeness (QED) is 0.583. The van der Waals surface area contributed by atoms with Crippen LogP contribution in [-0.2, 0) is 0 Å². The van der Waals surface area contributed by atoms with E-state index in [9.17, 15) is 0 Å². The van der Waals surface area contributed by atoms with Gasteiger partial charge in [0.1, 0.15) is 0 Å². The molecule has 0 saturated heterocycles. The van der Waals surface area contributed by atoms with Crippen LogP contribution in [0.1, 0.15) is 6.42 Å². The molecule has 0 amide bonds. The van der Waals surface area contributed by atoms with Gasteiger partial charge in [0.15, 0.2) is 0 Å². The largest absolute Gasteiger partial charge is 0.476 e. The number of hydrogen-bond donors (Lipinski definition) is 0. The van der Waals surface area contributed by atoms with Gasteiger partial charge in [-0.15, -0.1) is 5.10 Å². The summed E-state index contributed by atoms with van der Waals surface area (Å²) in [5, 5.41) is 5.33. The molecule has 3 aromatic rings. The van der Waals surface area contributed by atoms with Crippen molar-refractivity contribution in [3.8, 4) is 22.7 Å². The summed E-state index contributed by atoms with van der Waals surface area (Å²) in [5.41, 5.74) is 2.81. The van der Waals surface area contributed by atoms with E-state index in [-0.39, 0.29) is 0 Å². The first kappa shape index (κ1) is 17.5. The van der Waals surface area contributed by atoms with Crippen molar-refractivity contribution in [3.63, 3.8) is 0 Å². The number of benzene rings is 2. The molecule has 0 bridgehead atoms. The van der Waals surface area contributed by atoms with Gasteiger partial charge in [0.05, 0.1) is 17.9 Å². The van der Waals surface area contributed by atoms with Gasteiger partial charge < -0.3 is 9.64 Å². The normalized spacial score (nSPS) is 11.0. The molecule has 0 spiro atoms. The van der Waals surface area contributed by atoms with Crippen LogP contribution in [0, 0.1) is 0 Å². The molecule has 0 aliphatic rings. The molecule has 0 radical (unpaired) electrons. The van der Waals surface area contributed by atoms with Crippen molar-refractivity contribution < 1.29 is 4.74 Å². The van der Waals surface area contributed by atoms with Gasteiger partial charge >= 0.3 is 0 Å². The second kappa shape index (κ2) is 8.19. The maximum atomic E-state index is 6.39. The standard InChI is InChI=1S/C20H22ClN3O/c1-23(2)13-8-14-25-20-18(17-11-6-7-12-19(17)21)15-24(22-20)16-9-4-3-5-10-16/h3-7,9-12,15H,8,13-14H2,1-2H3. The van der Waals surface area contributed by atoms with E-state index in [4.69, 9.17) is 16.3 Å². The van der Waals surface area contributed by atoms with Crippen LogP contribution in [0.5, 0.6) is 5.88 Å². The third-order valence-electron chi connectivity index (χ3n) is 3.85. The van der Waals surface area contributed by atoms with Crippen molar-refractivity contribution in [2.24, 2.45) is 0 Å². The predicted molar refractivity (Wildman–Crippen MR) is 103 cm³/mol. The first-order valence-corrected chi connectivity index (χ1v) is 8.70. The zero-order valence-electron chi connectivity index (χ0n) is 14.5. The van der Waals surface area contributed by atoms with E-state index in [2.05, 4.69) is 24.1 Å². The Morgan fingerprint density at radius 3 is 2.44 bits per heavy atom. The van der Waals surface area contributed by atoms with Crippen LogP contribution in [-0.4, -0.2) is 41.9 Å². The van der Waals surface area contributed by atoms with Crippen LogP contribution in [0.25, 0.3) is 16.8 Å². The fourth-order valence-electron chi connectivity index (χ4n) is 2.59. The SMILES string of the molecule is CN(C)CCCOc1nn(-c2ccccc2)cc1-c1ccccc1Cl. The van der Waals surface area contributed by atoms with Gasteiger partial charge in [0, 0.05) is 23.3 Å². The van der Waals surface area contributed by atoms with Gasteiger partial charge in [-0.05, 0) is 38.7 Å². The molecular weight excluding hydrogens is 334 g/mol. The van der Waals surface area contributed by atoms with Gasteiger partial charge in [-0.3, -0.25) is 0 Å². The molecule has 3 rings (SSSR count). The van der Waals surface area contributed by atoms with Crippen LogP contribution in [0.2, 0.25) is 5.02 Å². The minimum absolute atomic E-state index is 0.607. The number of ether oxygens (including phenoxy) is 1. The van der Waals surface area contributed by atoms with Crippen molar-refractivity contribution in [1.29, 1.82) is 0 Å². The summed E-state index contributed by atoms with van der Waals surface area (Å²) in [5.74, 6) is 0.607. The van der Waals surface area contributed by atoms with E-state index in [1.165, 1.54) is 0 Å². The molecule has 0 fully saturated rings. The number of aromatic nitrogens is 2. The number of halogens is 1. The number of rotatable bonds is 7. The minimum Gasteiger partial charge on any atom is -0.476 e. The summed E-state index contributed by atoms with van der Waals surface area (Å²) in [7, 11) is 4.11. The lowest BCUT2D eigenvalue weighted by Crippen LogP contribution is -2.15. The summed E-state index contributed by atoms with van der Waals surface area (Å²) in [6, 6.07) is 17.8. The summed E-state index contributed by atoms with van der Waals surface area (Å²) >= 11 is 6.39. The fraction of sp³-hybridized carbons (Fsp3) is 0.250. The molecule has 2 aromatic carbocycles. The Labute approximate surface area is 153 Å². The van der Waals surface area contributed by atoms with Crippen LogP contribution >= 0.6 is 11.6 Å². The molecule has 5 heteroatoms. The molecule has 0 saturated carbocycles. The Morgan fingerprint density at radius 2 is 1.72 bits per heavy atom. The predicted octanol–water partition coefficient (Wildman–Crippen LogP) is 4.52. The van der Waals surface area contributed by atoms with Gasteiger partial charge in [-0.25, -0.2) is 4.68 Å². The maximum absolute atomic E-state index is 6.39. The van der Waals surface area contributed by atoms with Crippen molar-refractivity contribution in [3.05, 3.63) is 65.8 Å². The lowest BCUT2D eigenvalue weighted by molar-refractivity contribution is 0.273. The average Bonchev–Trinajstić information content (AvgIpc) is 3.04. The van der Waals surface area contributed by atoms with E-state index in [1.807, 2.05) is 65.5 Å². The van der Waals surface area contributed by atoms with E-state index in [1.54, 1.807) is 0 Å². The van der Waals surface area contributed by atoms with Crippen LogP contribution in [0.15, 0.2) is 60.8 Å². The number of hydrogen-bond acceptors (Lipinski definition) is 3. The monoisotopic (exact) mass is 355 g/mol. The van der Waals surface area contributed by atoms with Crippen molar-refractivity contribution in [1.82, 2.24) is 14.7 Å². The molecular formula is C20H22ClN3O. The number of para-hydroxylation sites is 1. The summed E-state index contributed by atoms with van der Waals surface area (Å²) < 4.78 is 7.82. The maximum Gasteiger partial charge on any atom is 0.241 e. The Kier molecular flexibility index (Phi) is 5.74. The first-order valence-electron chi connectivity index (χ1n) is 8.32. The fourth-order valence-corrected chi connectivity index (χ4v) is 2.83. The van der Waals surface area contributed by atoms with Crippen molar-refractivity contribution in [2.75, 3.05) is 27.2 Å². The van der Waals surface area contributed by atoms with E-state index in [0.29, 0.717) is 17.5 Å². The lowest BCUT2D eigenvalue weighted by atomic mass is 10.1. The van der Waals surface area contributed by atoms with Crippen LogP contribution in [0.3, 0.4) is 0 Å². The number of nitrogens with zero attached hydrogens (tertiary/aromatic N) is 3. The van der Waals surface area contributed by atoms with Crippen molar-refractivity contribution in [2.45, 2.75) is 6.42 Å². The molecule has 130 valence electrons. The average molecular weight is 356 g/mol. The minimum atomic E-state index is 0.607. The highest BCUT2D eigenvalue weighted by atomic mass is 35.5. The Bertz CT molecular complexity index is 815. The second-order valence-corrected chi connectivity index (χ2v) is 6.52. The Balaban J connectivity index is 1.91. The summed E-state index contributed by atoms with van der Waals surface area (Å²) in [6.07, 6.45) is 2.91. The Hall–Kier alpha value is -2.30. The molecule has 0 aliphatic carbocycles. The van der Waals surface area contributed by atoms with Gasteiger partial charge in [-0.1, -0.05) is 48.0 Å². The third kappa shape index (κ3) is 4.41. The highest BCUT2D eigenvalue weighted by Gasteiger charge is 2.15. The van der Waals surface area contributed by atoms with E-state index in [0.717, 1.165) is 29.8 Å². The molecule has 0 unspecified atom stereocenters. The summed E-state index contributed by atoms with van der Waals surface area (Å²) in [4.78, 5) is 2.14. The molecule has 0 atom stereocenters. The molecule has 0 N–H and O–H groups in total. The summed E-state index contributed by atoms with van der Waals surface area (Å²) in [6.45, 7) is 1.59. The zero-order chi connectivity index (χ0) is 17.6. The molecule has 1 aromatic heterocycles. The molecule has 1 heterocycles. The topological polar surface area (TPSA) is 30.3 Å². The van der Waals surface area contributed by atoms with E-state index < -0.39 is 0 Å². The van der Waals surface area contributed by atoms with Crippen molar-refractivity contribution >= 4 is 11.6 Å². The first-order chi connectivity index (χ1) is 12.1. The molecule has 4 nitrogen and oxygen atoms in total. The molecule has 25 heavy (non-hydrogen) atoms.